The minimum Gasteiger partial charge on any atom is -0.463 e. The van der Waals surface area contributed by atoms with Crippen molar-refractivity contribution < 1.29 is 14.3 Å². The Morgan fingerprint density at radius 3 is 2.35 bits per heavy atom. The molecule has 0 bridgehead atoms. The Morgan fingerprint density at radius 2 is 1.71 bits per heavy atom. The number of rotatable bonds is 2. The Balaban J connectivity index is 2.67. The molecule has 17 heavy (non-hydrogen) atoms. The molecule has 0 spiro atoms. The van der Waals surface area contributed by atoms with Crippen LogP contribution < -0.4 is 0 Å². The average molecular weight is 293 g/mol. The Hall–Kier alpha value is -1.68. The maximum absolute atomic E-state index is 11.8. The highest BCUT2D eigenvalue weighted by Crippen LogP contribution is 2.27. The van der Waals surface area contributed by atoms with Crippen LogP contribution in [-0.4, -0.2) is 18.9 Å². The fourth-order valence-corrected chi connectivity index (χ4v) is 2.14. The summed E-state index contributed by atoms with van der Waals surface area (Å²) in [5.41, 5.74) is 0.357. The molecule has 0 atom stereocenters. The molecule has 2 aromatic rings. The maximum atomic E-state index is 11.8. The number of Topliss-reactive ketones (excluding diaryl/α,β-unsaturated/α-hetero) is 1. The molecular weight excluding hydrogens is 284 g/mol. The summed E-state index contributed by atoms with van der Waals surface area (Å²) in [7, 11) is 1.20. The molecule has 0 aliphatic carbocycles. The molecule has 0 aliphatic heterocycles. The summed E-state index contributed by atoms with van der Waals surface area (Å²) < 4.78 is 5.33. The van der Waals surface area contributed by atoms with Gasteiger partial charge in [-0.25, -0.2) is 4.79 Å². The summed E-state index contributed by atoms with van der Waals surface area (Å²) in [4.78, 5) is 23.1. The first kappa shape index (κ1) is 11.8. The van der Waals surface area contributed by atoms with E-state index in [2.05, 4.69) is 20.7 Å². The molecule has 0 aromatic heterocycles. The van der Waals surface area contributed by atoms with Gasteiger partial charge in [0.1, 0.15) is 0 Å². The monoisotopic (exact) mass is 292 g/mol. The summed E-state index contributed by atoms with van der Waals surface area (Å²) in [6.07, 6.45) is 0. The van der Waals surface area contributed by atoms with E-state index in [0.29, 0.717) is 5.56 Å². The van der Waals surface area contributed by atoms with Gasteiger partial charge in [-0.2, -0.15) is 0 Å². The second-order valence-corrected chi connectivity index (χ2v) is 4.32. The second kappa shape index (κ2) is 4.67. The third-order valence-corrected chi connectivity index (χ3v) is 3.18. The van der Waals surface area contributed by atoms with E-state index in [-0.39, 0.29) is 0 Å². The Labute approximate surface area is 107 Å². The van der Waals surface area contributed by atoms with Crippen molar-refractivity contribution in [3.05, 3.63) is 46.4 Å². The zero-order valence-electron chi connectivity index (χ0n) is 9.07. The van der Waals surface area contributed by atoms with Crippen LogP contribution in [0.2, 0.25) is 0 Å². The van der Waals surface area contributed by atoms with Gasteiger partial charge in [-0.05, 0) is 22.9 Å². The lowest BCUT2D eigenvalue weighted by molar-refractivity contribution is -0.135. The van der Waals surface area contributed by atoms with Gasteiger partial charge in [0, 0.05) is 10.0 Å². The maximum Gasteiger partial charge on any atom is 0.379 e. The van der Waals surface area contributed by atoms with Crippen molar-refractivity contribution in [2.75, 3.05) is 7.11 Å². The van der Waals surface area contributed by atoms with E-state index in [0.717, 1.165) is 15.2 Å². The smallest absolute Gasteiger partial charge is 0.379 e. The molecule has 3 nitrogen and oxygen atoms in total. The highest BCUT2D eigenvalue weighted by Gasteiger charge is 2.19. The minimum atomic E-state index is -0.850. The number of ether oxygens (including phenoxy) is 1. The lowest BCUT2D eigenvalue weighted by atomic mass is 10.0. The Bertz CT molecular complexity index is 605. The van der Waals surface area contributed by atoms with Crippen molar-refractivity contribution >= 4 is 38.5 Å². The van der Waals surface area contributed by atoms with E-state index in [1.807, 2.05) is 18.2 Å². The van der Waals surface area contributed by atoms with E-state index < -0.39 is 11.8 Å². The molecule has 0 saturated heterocycles. The Kier molecular flexibility index (Phi) is 3.24. The van der Waals surface area contributed by atoms with Gasteiger partial charge < -0.3 is 4.74 Å². The highest BCUT2D eigenvalue weighted by molar-refractivity contribution is 9.10. The van der Waals surface area contributed by atoms with Crippen LogP contribution in [0.5, 0.6) is 0 Å². The Morgan fingerprint density at radius 1 is 1.06 bits per heavy atom. The van der Waals surface area contributed by atoms with Crippen molar-refractivity contribution in [2.24, 2.45) is 0 Å². The molecule has 0 radical (unpaired) electrons. The van der Waals surface area contributed by atoms with Crippen LogP contribution in [-0.2, 0) is 9.53 Å². The first-order chi connectivity index (χ1) is 8.15. The van der Waals surface area contributed by atoms with E-state index in [9.17, 15) is 9.59 Å². The number of benzene rings is 2. The van der Waals surface area contributed by atoms with Crippen LogP contribution in [0.15, 0.2) is 40.9 Å². The van der Waals surface area contributed by atoms with Crippen LogP contribution >= 0.6 is 15.9 Å². The lowest BCUT2D eigenvalue weighted by Crippen LogP contribution is -2.15. The van der Waals surface area contributed by atoms with Crippen molar-refractivity contribution in [1.29, 1.82) is 0 Å². The standard InChI is InChI=1S/C13H9BrO3/c1-17-13(16)12(15)10-6-7-11(14)9-5-3-2-4-8(9)10/h2-7H,1H3. The number of fused-ring (bicyclic) bond motifs is 1. The molecule has 0 saturated carbocycles. The van der Waals surface area contributed by atoms with Crippen LogP contribution in [0.25, 0.3) is 10.8 Å². The SMILES string of the molecule is COC(=O)C(=O)c1ccc(Br)c2ccccc12. The van der Waals surface area contributed by atoms with E-state index in [4.69, 9.17) is 0 Å². The molecule has 0 heterocycles. The number of esters is 1. The largest absolute Gasteiger partial charge is 0.463 e. The van der Waals surface area contributed by atoms with Gasteiger partial charge in [0.05, 0.1) is 7.11 Å². The molecule has 0 unspecified atom stereocenters. The molecule has 86 valence electrons. The van der Waals surface area contributed by atoms with Crippen LogP contribution in [0.4, 0.5) is 0 Å². The zero-order chi connectivity index (χ0) is 12.4. The summed E-state index contributed by atoms with van der Waals surface area (Å²) >= 11 is 3.41. The molecule has 4 heteroatoms. The summed E-state index contributed by atoms with van der Waals surface area (Å²) in [5.74, 6) is -1.48. The normalized spacial score (nSPS) is 10.2. The summed E-state index contributed by atoms with van der Waals surface area (Å²) in [6, 6.07) is 10.7. The molecule has 2 aromatic carbocycles. The van der Waals surface area contributed by atoms with Crippen molar-refractivity contribution in [2.45, 2.75) is 0 Å². The second-order valence-electron chi connectivity index (χ2n) is 3.46. The predicted molar refractivity (Wildman–Crippen MR) is 68.0 cm³/mol. The quantitative estimate of drug-likeness (QED) is 0.486. The highest BCUT2D eigenvalue weighted by atomic mass is 79.9. The fraction of sp³-hybridized carbons (Fsp3) is 0.0769. The molecular formula is C13H9BrO3. The average Bonchev–Trinajstić information content (AvgIpc) is 2.38. The first-order valence-corrected chi connectivity index (χ1v) is 5.74. The number of carbonyl (C=O) groups excluding carboxylic acids is 2. The van der Waals surface area contributed by atoms with Crippen LogP contribution in [0.1, 0.15) is 10.4 Å². The fourth-order valence-electron chi connectivity index (χ4n) is 1.66. The summed E-state index contributed by atoms with van der Waals surface area (Å²) in [6.45, 7) is 0. The van der Waals surface area contributed by atoms with Crippen molar-refractivity contribution in [3.63, 3.8) is 0 Å². The molecule has 0 N–H and O–H groups in total. The summed E-state index contributed by atoms with van der Waals surface area (Å²) in [5, 5.41) is 1.62. The molecule has 0 aliphatic rings. The van der Waals surface area contributed by atoms with E-state index in [1.165, 1.54) is 7.11 Å². The number of halogens is 1. The van der Waals surface area contributed by atoms with E-state index >= 15 is 0 Å². The topological polar surface area (TPSA) is 43.4 Å². The van der Waals surface area contributed by atoms with E-state index in [1.54, 1.807) is 18.2 Å². The molecule has 2 rings (SSSR count). The molecule has 0 amide bonds. The zero-order valence-corrected chi connectivity index (χ0v) is 10.7. The van der Waals surface area contributed by atoms with Gasteiger partial charge in [-0.15, -0.1) is 0 Å². The number of hydrogen-bond acceptors (Lipinski definition) is 3. The number of carbonyl (C=O) groups is 2. The van der Waals surface area contributed by atoms with Gasteiger partial charge in [0.25, 0.3) is 5.78 Å². The van der Waals surface area contributed by atoms with Gasteiger partial charge >= 0.3 is 5.97 Å². The number of methoxy groups -OCH3 is 1. The third-order valence-electron chi connectivity index (χ3n) is 2.49. The first-order valence-electron chi connectivity index (χ1n) is 4.95. The van der Waals surface area contributed by atoms with Crippen LogP contribution in [0, 0.1) is 0 Å². The van der Waals surface area contributed by atoms with Gasteiger partial charge in [-0.3, -0.25) is 4.79 Å². The number of hydrogen-bond donors (Lipinski definition) is 0. The number of ketones is 1. The lowest BCUT2D eigenvalue weighted by Gasteiger charge is -2.06. The van der Waals surface area contributed by atoms with Crippen molar-refractivity contribution in [3.8, 4) is 0 Å². The predicted octanol–water partition coefficient (Wildman–Crippen LogP) is 2.96. The van der Waals surface area contributed by atoms with Gasteiger partial charge in [-0.1, -0.05) is 40.2 Å². The van der Waals surface area contributed by atoms with Crippen LogP contribution in [0.3, 0.4) is 0 Å². The third kappa shape index (κ3) is 2.08. The van der Waals surface area contributed by atoms with Gasteiger partial charge in [0.15, 0.2) is 0 Å². The van der Waals surface area contributed by atoms with Gasteiger partial charge in [0.2, 0.25) is 0 Å². The van der Waals surface area contributed by atoms with Crippen molar-refractivity contribution in [1.82, 2.24) is 0 Å². The minimum absolute atomic E-state index is 0.357. The molecule has 0 fully saturated rings.